The number of rotatable bonds is 18. The summed E-state index contributed by atoms with van der Waals surface area (Å²) in [5.74, 6) is 5.47. The molecule has 0 aromatic rings. The number of hydrogen-bond donors (Lipinski definition) is 0. The Hall–Kier alpha value is -2.09. The molecular weight excluding hydrogens is 597 g/mol. The molecule has 0 amide bonds. The number of carbonyl (C=O) groups excluding carboxylic acids is 1. The number of carbonyl (C=O) groups is 1. The van der Waals surface area contributed by atoms with Gasteiger partial charge in [-0.3, -0.25) is 4.79 Å². The van der Waals surface area contributed by atoms with Crippen LogP contribution in [0.5, 0.6) is 0 Å². The van der Waals surface area contributed by atoms with Crippen LogP contribution in [-0.2, 0) is 9.53 Å². The Morgan fingerprint density at radius 1 is 0.837 bits per heavy atom. The molecule has 0 heterocycles. The van der Waals surface area contributed by atoms with Gasteiger partial charge in [-0.05, 0) is 129 Å². The highest BCUT2D eigenvalue weighted by Gasteiger charge is 2.59. The van der Waals surface area contributed by atoms with Gasteiger partial charge in [-0.25, -0.2) is 0 Å². The zero-order valence-electron chi connectivity index (χ0n) is 32.8. The van der Waals surface area contributed by atoms with Gasteiger partial charge in [0.25, 0.3) is 0 Å². The SMILES string of the molecule is CC/C=C/C=C/C=C/C=C\CCCCCCCC(=O)OC1CCC2(C)C(=CCC3C2CCC2(C)C(C(C)/C=C/C(CC)C(C)C)CCC32)C1. The maximum atomic E-state index is 12.8. The highest BCUT2D eigenvalue weighted by molar-refractivity contribution is 5.69. The van der Waals surface area contributed by atoms with E-state index in [9.17, 15) is 4.79 Å². The third kappa shape index (κ3) is 10.5. The molecule has 0 radical (unpaired) electrons. The predicted molar refractivity (Wildman–Crippen MR) is 211 cm³/mol. The van der Waals surface area contributed by atoms with E-state index in [2.05, 4.69) is 115 Å². The third-order valence-corrected chi connectivity index (χ3v) is 13.9. The van der Waals surface area contributed by atoms with Crippen LogP contribution < -0.4 is 0 Å². The van der Waals surface area contributed by atoms with Crippen LogP contribution in [0.1, 0.15) is 158 Å². The molecule has 3 fully saturated rings. The van der Waals surface area contributed by atoms with E-state index < -0.39 is 0 Å². The molecule has 49 heavy (non-hydrogen) atoms. The molecule has 9 unspecified atom stereocenters. The number of fused-ring (bicyclic) bond motifs is 5. The minimum atomic E-state index is 0.0316. The van der Waals surface area contributed by atoms with E-state index >= 15 is 0 Å². The summed E-state index contributed by atoms with van der Waals surface area (Å²) in [5, 5.41) is 0. The second kappa shape index (κ2) is 19.5. The summed E-state index contributed by atoms with van der Waals surface area (Å²) in [7, 11) is 0. The van der Waals surface area contributed by atoms with E-state index in [1.165, 1.54) is 64.2 Å². The fourth-order valence-electron chi connectivity index (χ4n) is 10.9. The van der Waals surface area contributed by atoms with Crippen molar-refractivity contribution in [2.24, 2.45) is 52.3 Å². The molecule has 0 aromatic carbocycles. The van der Waals surface area contributed by atoms with Crippen molar-refractivity contribution < 1.29 is 9.53 Å². The summed E-state index contributed by atoms with van der Waals surface area (Å²) in [4.78, 5) is 12.8. The molecule has 0 bridgehead atoms. The zero-order valence-corrected chi connectivity index (χ0v) is 32.8. The molecule has 0 N–H and O–H groups in total. The van der Waals surface area contributed by atoms with Crippen LogP contribution in [0.4, 0.5) is 0 Å². The highest BCUT2D eigenvalue weighted by atomic mass is 16.5. The van der Waals surface area contributed by atoms with Crippen LogP contribution in [0, 0.1) is 52.3 Å². The summed E-state index contributed by atoms with van der Waals surface area (Å²) < 4.78 is 6.12. The monoisotopic (exact) mass is 671 g/mol. The number of ether oxygens (including phenoxy) is 1. The number of hydrogen-bond acceptors (Lipinski definition) is 2. The summed E-state index contributed by atoms with van der Waals surface area (Å²) in [6.07, 6.45) is 44.7. The third-order valence-electron chi connectivity index (χ3n) is 13.9. The molecule has 4 aliphatic rings. The van der Waals surface area contributed by atoms with E-state index in [1.54, 1.807) is 5.57 Å². The first-order valence-corrected chi connectivity index (χ1v) is 20.9. The Morgan fingerprint density at radius 3 is 2.29 bits per heavy atom. The maximum Gasteiger partial charge on any atom is 0.306 e. The molecule has 0 spiro atoms. The van der Waals surface area contributed by atoms with Crippen molar-refractivity contribution in [2.75, 3.05) is 0 Å². The van der Waals surface area contributed by atoms with Gasteiger partial charge in [0.05, 0.1) is 0 Å². The largest absolute Gasteiger partial charge is 0.462 e. The molecule has 4 aliphatic carbocycles. The Kier molecular flexibility index (Phi) is 15.8. The van der Waals surface area contributed by atoms with Crippen molar-refractivity contribution in [3.05, 3.63) is 72.4 Å². The van der Waals surface area contributed by atoms with Crippen molar-refractivity contribution in [1.29, 1.82) is 0 Å². The Morgan fingerprint density at radius 2 is 1.55 bits per heavy atom. The normalized spacial score (nSPS) is 33.1. The fraction of sp³-hybridized carbons (Fsp3) is 0.723. The zero-order chi connectivity index (χ0) is 35.3. The Bertz CT molecular complexity index is 1200. The first-order valence-electron chi connectivity index (χ1n) is 20.9. The topological polar surface area (TPSA) is 26.3 Å². The Balaban J connectivity index is 1.17. The molecule has 4 rings (SSSR count). The minimum Gasteiger partial charge on any atom is -0.462 e. The maximum absolute atomic E-state index is 12.8. The molecule has 0 saturated heterocycles. The Labute approximate surface area is 303 Å². The number of allylic oxidation sites excluding steroid dienone is 11. The standard InChI is InChI=1S/C47H74O2/c1-8-10-11-12-13-14-15-16-17-18-19-20-21-22-23-24-45(48)49-40-31-33-46(6)39(35-40)27-28-41-43-30-29-42(47(43,7)34-32-44(41)46)37(5)25-26-38(9-2)36(3)4/h10-17,25-27,36-38,40-44H,8-9,18-24,28-35H2,1-7H3/b11-10+,13-12+,15-14+,17-16-,26-25+. The van der Waals surface area contributed by atoms with Crippen LogP contribution in [-0.4, -0.2) is 12.1 Å². The molecule has 0 aromatic heterocycles. The van der Waals surface area contributed by atoms with Crippen molar-refractivity contribution >= 4 is 5.97 Å². The second-order valence-corrected chi connectivity index (χ2v) is 17.2. The van der Waals surface area contributed by atoms with E-state index in [1.807, 2.05) is 0 Å². The lowest BCUT2D eigenvalue weighted by atomic mass is 9.47. The molecule has 2 nitrogen and oxygen atoms in total. The van der Waals surface area contributed by atoms with E-state index in [0.717, 1.165) is 68.1 Å². The van der Waals surface area contributed by atoms with Gasteiger partial charge < -0.3 is 4.74 Å². The average molecular weight is 671 g/mol. The first-order chi connectivity index (χ1) is 23.6. The van der Waals surface area contributed by atoms with Gasteiger partial charge >= 0.3 is 5.97 Å². The van der Waals surface area contributed by atoms with Crippen LogP contribution in [0.25, 0.3) is 0 Å². The first kappa shape index (κ1) is 39.7. The smallest absolute Gasteiger partial charge is 0.306 e. The van der Waals surface area contributed by atoms with Crippen molar-refractivity contribution in [3.8, 4) is 0 Å². The van der Waals surface area contributed by atoms with Crippen LogP contribution in [0.15, 0.2) is 72.4 Å². The molecule has 3 saturated carbocycles. The van der Waals surface area contributed by atoms with Crippen LogP contribution >= 0.6 is 0 Å². The average Bonchev–Trinajstić information content (AvgIpc) is 3.44. The number of unbranched alkanes of at least 4 members (excludes halogenated alkanes) is 5. The lowest BCUT2D eigenvalue weighted by molar-refractivity contribution is -0.151. The summed E-state index contributed by atoms with van der Waals surface area (Å²) >= 11 is 0. The van der Waals surface area contributed by atoms with Gasteiger partial charge in [0.1, 0.15) is 6.10 Å². The fourth-order valence-corrected chi connectivity index (χ4v) is 10.9. The van der Waals surface area contributed by atoms with Gasteiger partial charge in [-0.15, -0.1) is 0 Å². The molecule has 9 atom stereocenters. The molecular formula is C47H74O2. The van der Waals surface area contributed by atoms with E-state index in [-0.39, 0.29) is 12.1 Å². The summed E-state index contributed by atoms with van der Waals surface area (Å²) in [5.41, 5.74) is 2.41. The van der Waals surface area contributed by atoms with Crippen molar-refractivity contribution in [3.63, 3.8) is 0 Å². The van der Waals surface area contributed by atoms with Gasteiger partial charge in [-0.2, -0.15) is 0 Å². The molecule has 274 valence electrons. The quantitative estimate of drug-likeness (QED) is 0.0628. The van der Waals surface area contributed by atoms with Gasteiger partial charge in [0, 0.05) is 12.8 Å². The van der Waals surface area contributed by atoms with E-state index in [4.69, 9.17) is 4.74 Å². The summed E-state index contributed by atoms with van der Waals surface area (Å²) in [6.45, 7) is 17.0. The number of esters is 1. The lowest BCUT2D eigenvalue weighted by Gasteiger charge is -2.58. The van der Waals surface area contributed by atoms with Gasteiger partial charge in [0.2, 0.25) is 0 Å². The van der Waals surface area contributed by atoms with Crippen molar-refractivity contribution in [1.82, 2.24) is 0 Å². The van der Waals surface area contributed by atoms with E-state index in [0.29, 0.717) is 29.1 Å². The molecule has 2 heteroatoms. The van der Waals surface area contributed by atoms with Crippen LogP contribution in [0.2, 0.25) is 0 Å². The minimum absolute atomic E-state index is 0.0316. The van der Waals surface area contributed by atoms with Crippen LogP contribution in [0.3, 0.4) is 0 Å². The highest BCUT2D eigenvalue weighted by Crippen LogP contribution is 2.67. The van der Waals surface area contributed by atoms with Gasteiger partial charge in [-0.1, -0.05) is 140 Å². The molecule has 0 aliphatic heterocycles. The lowest BCUT2D eigenvalue weighted by Crippen LogP contribution is -2.51. The second-order valence-electron chi connectivity index (χ2n) is 17.2. The predicted octanol–water partition coefficient (Wildman–Crippen LogP) is 13.7. The summed E-state index contributed by atoms with van der Waals surface area (Å²) in [6, 6.07) is 0. The van der Waals surface area contributed by atoms with Gasteiger partial charge in [0.15, 0.2) is 0 Å². The van der Waals surface area contributed by atoms with Crippen molar-refractivity contribution in [2.45, 2.75) is 164 Å².